The first-order valence-corrected chi connectivity index (χ1v) is 8.55. The van der Waals surface area contributed by atoms with Gasteiger partial charge in [0.05, 0.1) is 13.2 Å². The van der Waals surface area contributed by atoms with Crippen LogP contribution in [0.15, 0.2) is 36.4 Å². The van der Waals surface area contributed by atoms with Gasteiger partial charge in [-0.15, -0.1) is 0 Å². The number of nitrogens with zero attached hydrogens (tertiary/aromatic N) is 1. The fourth-order valence-electron chi connectivity index (χ4n) is 3.13. The topological polar surface area (TPSA) is 33.7 Å². The number of likely N-dealkylation sites (N-methyl/N-ethyl adjacent to an activating group) is 1. The van der Waals surface area contributed by atoms with Crippen molar-refractivity contribution in [2.75, 3.05) is 40.9 Å². The van der Waals surface area contributed by atoms with Crippen molar-refractivity contribution in [1.82, 2.24) is 10.2 Å². The molecule has 1 aliphatic heterocycles. The minimum Gasteiger partial charge on any atom is -0.493 e. The maximum Gasteiger partial charge on any atom is 0.161 e. The third-order valence-corrected chi connectivity index (χ3v) is 4.48. The van der Waals surface area contributed by atoms with Gasteiger partial charge in [-0.2, -0.15) is 0 Å². The predicted molar refractivity (Wildman–Crippen MR) is 97.0 cm³/mol. The summed E-state index contributed by atoms with van der Waals surface area (Å²) in [5, 5.41) is 3.52. The van der Waals surface area contributed by atoms with Gasteiger partial charge < -0.3 is 19.7 Å². The lowest BCUT2D eigenvalue weighted by molar-refractivity contribution is 0.250. The normalized spacial score (nSPS) is 16.6. The van der Waals surface area contributed by atoms with Crippen LogP contribution in [-0.2, 0) is 6.42 Å². The highest BCUT2D eigenvalue weighted by Gasteiger charge is 2.24. The Kier molecular flexibility index (Phi) is 5.56. The number of rotatable bonds is 6. The molecule has 0 bridgehead atoms. The highest BCUT2D eigenvalue weighted by molar-refractivity contribution is 5.51. The molecule has 1 unspecified atom stereocenters. The summed E-state index contributed by atoms with van der Waals surface area (Å²) in [6.07, 6.45) is 0.932. The molecule has 0 saturated carbocycles. The summed E-state index contributed by atoms with van der Waals surface area (Å²) in [6, 6.07) is 10.8. The average Bonchev–Trinajstić information content (AvgIpc) is 2.61. The van der Waals surface area contributed by atoms with E-state index in [0.717, 1.165) is 36.6 Å². The van der Waals surface area contributed by atoms with Crippen LogP contribution in [0.3, 0.4) is 0 Å². The Bertz CT molecular complexity index is 716. The molecule has 0 spiro atoms. The third kappa shape index (κ3) is 4.11. The molecule has 0 fully saturated rings. The van der Waals surface area contributed by atoms with Crippen molar-refractivity contribution < 1.29 is 13.9 Å². The molecule has 134 valence electrons. The lowest BCUT2D eigenvalue weighted by atomic mass is 9.89. The number of nitrogens with one attached hydrogen (secondary N) is 1. The zero-order valence-electron chi connectivity index (χ0n) is 15.0. The first kappa shape index (κ1) is 17.7. The second-order valence-corrected chi connectivity index (χ2v) is 6.54. The van der Waals surface area contributed by atoms with Crippen molar-refractivity contribution in [3.8, 4) is 11.5 Å². The fourth-order valence-corrected chi connectivity index (χ4v) is 3.13. The van der Waals surface area contributed by atoms with Crippen LogP contribution < -0.4 is 14.8 Å². The first-order valence-electron chi connectivity index (χ1n) is 8.55. The number of halogens is 1. The SMILES string of the molecule is COc1cc2c(cc1OCCN(C)C)C(c1ccc(F)cc1)NCC2. The Hall–Kier alpha value is -2.11. The smallest absolute Gasteiger partial charge is 0.161 e. The number of methoxy groups -OCH3 is 1. The molecular weight excluding hydrogens is 319 g/mol. The Balaban J connectivity index is 1.92. The van der Waals surface area contributed by atoms with E-state index in [0.29, 0.717) is 6.61 Å². The minimum atomic E-state index is -0.220. The van der Waals surface area contributed by atoms with Gasteiger partial charge in [-0.3, -0.25) is 0 Å². The molecule has 2 aromatic carbocycles. The molecular formula is C20H25FN2O2. The van der Waals surface area contributed by atoms with Crippen molar-refractivity contribution in [1.29, 1.82) is 0 Å². The maximum atomic E-state index is 13.3. The molecule has 0 aromatic heterocycles. The highest BCUT2D eigenvalue weighted by atomic mass is 19.1. The van der Waals surface area contributed by atoms with Crippen LogP contribution in [0.25, 0.3) is 0 Å². The summed E-state index contributed by atoms with van der Waals surface area (Å²) in [5.41, 5.74) is 3.45. The lowest BCUT2D eigenvalue weighted by Gasteiger charge is -2.29. The molecule has 2 aromatic rings. The summed E-state index contributed by atoms with van der Waals surface area (Å²) in [5.74, 6) is 1.29. The Labute approximate surface area is 148 Å². The van der Waals surface area contributed by atoms with Gasteiger partial charge in [-0.1, -0.05) is 12.1 Å². The number of hydrogen-bond donors (Lipinski definition) is 1. The quantitative estimate of drug-likeness (QED) is 0.873. The summed E-state index contributed by atoms with van der Waals surface area (Å²) >= 11 is 0. The van der Waals surface area contributed by atoms with Gasteiger partial charge in [-0.05, 0) is 61.5 Å². The molecule has 1 aliphatic rings. The molecule has 0 aliphatic carbocycles. The van der Waals surface area contributed by atoms with Gasteiger partial charge in [0.25, 0.3) is 0 Å². The van der Waals surface area contributed by atoms with Crippen molar-refractivity contribution in [2.45, 2.75) is 12.5 Å². The van der Waals surface area contributed by atoms with E-state index in [2.05, 4.69) is 22.3 Å². The zero-order valence-corrected chi connectivity index (χ0v) is 15.0. The molecule has 1 atom stereocenters. The fraction of sp³-hybridized carbons (Fsp3) is 0.400. The summed E-state index contributed by atoms with van der Waals surface area (Å²) in [7, 11) is 5.70. The Morgan fingerprint density at radius 2 is 1.92 bits per heavy atom. The van der Waals surface area contributed by atoms with Gasteiger partial charge in [-0.25, -0.2) is 4.39 Å². The van der Waals surface area contributed by atoms with Crippen molar-refractivity contribution in [3.63, 3.8) is 0 Å². The van der Waals surface area contributed by atoms with E-state index in [9.17, 15) is 4.39 Å². The van der Waals surface area contributed by atoms with Crippen LogP contribution in [0.5, 0.6) is 11.5 Å². The minimum absolute atomic E-state index is 0.0338. The van der Waals surface area contributed by atoms with Crippen molar-refractivity contribution in [3.05, 3.63) is 58.9 Å². The Morgan fingerprint density at radius 1 is 1.16 bits per heavy atom. The van der Waals surface area contributed by atoms with Gasteiger partial charge >= 0.3 is 0 Å². The zero-order chi connectivity index (χ0) is 17.8. The van der Waals surface area contributed by atoms with E-state index in [-0.39, 0.29) is 11.9 Å². The van der Waals surface area contributed by atoms with E-state index in [4.69, 9.17) is 9.47 Å². The van der Waals surface area contributed by atoms with E-state index >= 15 is 0 Å². The second kappa shape index (κ2) is 7.85. The van der Waals surface area contributed by atoms with E-state index in [1.165, 1.54) is 23.3 Å². The largest absolute Gasteiger partial charge is 0.493 e. The summed E-state index contributed by atoms with van der Waals surface area (Å²) in [6.45, 7) is 2.30. The molecule has 0 radical (unpaired) electrons. The van der Waals surface area contributed by atoms with Gasteiger partial charge in [0.2, 0.25) is 0 Å². The van der Waals surface area contributed by atoms with Crippen LogP contribution >= 0.6 is 0 Å². The Morgan fingerprint density at radius 3 is 2.60 bits per heavy atom. The van der Waals surface area contributed by atoms with E-state index in [1.807, 2.05) is 26.2 Å². The molecule has 3 rings (SSSR count). The van der Waals surface area contributed by atoms with Crippen LogP contribution in [-0.4, -0.2) is 45.8 Å². The van der Waals surface area contributed by atoms with Crippen LogP contribution in [0.2, 0.25) is 0 Å². The van der Waals surface area contributed by atoms with Gasteiger partial charge in [0, 0.05) is 13.1 Å². The molecule has 1 N–H and O–H groups in total. The molecule has 1 heterocycles. The average molecular weight is 344 g/mol. The number of hydrogen-bond acceptors (Lipinski definition) is 4. The van der Waals surface area contributed by atoms with E-state index in [1.54, 1.807) is 7.11 Å². The molecule has 25 heavy (non-hydrogen) atoms. The first-order chi connectivity index (χ1) is 12.1. The van der Waals surface area contributed by atoms with Crippen LogP contribution in [0.4, 0.5) is 4.39 Å². The van der Waals surface area contributed by atoms with Crippen LogP contribution in [0.1, 0.15) is 22.7 Å². The van der Waals surface area contributed by atoms with Crippen LogP contribution in [0, 0.1) is 5.82 Å². The van der Waals surface area contributed by atoms with Crippen molar-refractivity contribution in [2.24, 2.45) is 0 Å². The summed E-state index contributed by atoms with van der Waals surface area (Å²) in [4.78, 5) is 2.08. The second-order valence-electron chi connectivity index (χ2n) is 6.54. The number of benzene rings is 2. The van der Waals surface area contributed by atoms with E-state index < -0.39 is 0 Å². The molecule has 5 heteroatoms. The molecule has 0 saturated heterocycles. The predicted octanol–water partition coefficient (Wildman–Crippen LogP) is 3.01. The number of ether oxygens (including phenoxy) is 2. The highest BCUT2D eigenvalue weighted by Crippen LogP contribution is 2.37. The lowest BCUT2D eigenvalue weighted by Crippen LogP contribution is -2.30. The van der Waals surface area contributed by atoms with Crippen molar-refractivity contribution >= 4 is 0 Å². The third-order valence-electron chi connectivity index (χ3n) is 4.48. The van der Waals surface area contributed by atoms with Gasteiger partial charge in [0.1, 0.15) is 12.4 Å². The molecule has 4 nitrogen and oxygen atoms in total. The summed E-state index contributed by atoms with van der Waals surface area (Å²) < 4.78 is 24.7. The monoisotopic (exact) mass is 344 g/mol. The molecule has 0 amide bonds. The van der Waals surface area contributed by atoms with Gasteiger partial charge in [0.15, 0.2) is 11.5 Å². The number of fused-ring (bicyclic) bond motifs is 1. The standard InChI is InChI=1S/C20H25FN2O2/c1-23(2)10-11-25-19-13-17-15(12-18(19)24-3)8-9-22-20(17)14-4-6-16(21)7-5-14/h4-7,12-13,20,22H,8-11H2,1-3H3. The maximum absolute atomic E-state index is 13.3.